The lowest BCUT2D eigenvalue weighted by Gasteiger charge is -2.17. The molecule has 4 N–H and O–H groups in total. The molecule has 0 aromatic heterocycles. The minimum atomic E-state index is -4.19. The SMILES string of the molecule is CCC(CC)NS(=O)(=O)c1c(F)cc([N+](=O)[O-])cc1NN. The van der Waals surface area contributed by atoms with Crippen molar-refractivity contribution in [2.75, 3.05) is 5.43 Å². The number of benzene rings is 1. The van der Waals surface area contributed by atoms with Crippen LogP contribution < -0.4 is 16.0 Å². The van der Waals surface area contributed by atoms with Crippen molar-refractivity contribution in [2.24, 2.45) is 5.84 Å². The third kappa shape index (κ3) is 3.86. The molecule has 0 atom stereocenters. The van der Waals surface area contributed by atoms with Crippen molar-refractivity contribution in [3.63, 3.8) is 0 Å². The summed E-state index contributed by atoms with van der Waals surface area (Å²) in [6.07, 6.45) is 1.05. The van der Waals surface area contributed by atoms with Crippen LogP contribution in [0.3, 0.4) is 0 Å². The highest BCUT2D eigenvalue weighted by Gasteiger charge is 2.28. The number of hydrazine groups is 1. The third-order valence-corrected chi connectivity index (χ3v) is 4.57. The van der Waals surface area contributed by atoms with Crippen LogP contribution in [0.5, 0.6) is 0 Å². The standard InChI is InChI=1S/C11H17FN4O4S/c1-3-7(4-2)15-21(19,20)11-9(12)5-8(16(17)18)6-10(11)14-13/h5-7,14-15H,3-4,13H2,1-2H3. The molecule has 10 heteroatoms. The van der Waals surface area contributed by atoms with Crippen LogP contribution in [0.1, 0.15) is 26.7 Å². The Kier molecular flexibility index (Phi) is 5.58. The normalized spacial score (nSPS) is 11.7. The number of halogens is 1. The molecule has 8 nitrogen and oxygen atoms in total. The van der Waals surface area contributed by atoms with Crippen molar-refractivity contribution >= 4 is 21.4 Å². The summed E-state index contributed by atoms with van der Waals surface area (Å²) in [5.41, 5.74) is 1.01. The van der Waals surface area contributed by atoms with Crippen molar-refractivity contribution in [1.82, 2.24) is 4.72 Å². The number of nitro benzene ring substituents is 1. The lowest BCUT2D eigenvalue weighted by atomic mass is 10.2. The van der Waals surface area contributed by atoms with Gasteiger partial charge in [0.1, 0.15) is 4.90 Å². The Bertz CT molecular complexity index is 631. The summed E-state index contributed by atoms with van der Waals surface area (Å²) in [4.78, 5) is 9.09. The van der Waals surface area contributed by atoms with Crippen molar-refractivity contribution in [3.8, 4) is 0 Å². The molecule has 21 heavy (non-hydrogen) atoms. The number of nitrogens with two attached hydrogens (primary N) is 1. The first-order valence-corrected chi connectivity index (χ1v) is 7.72. The number of anilines is 1. The smallest absolute Gasteiger partial charge is 0.274 e. The number of hydrogen-bond donors (Lipinski definition) is 3. The number of nitrogen functional groups attached to an aromatic ring is 1. The summed E-state index contributed by atoms with van der Waals surface area (Å²) < 4.78 is 40.8. The van der Waals surface area contributed by atoms with Gasteiger partial charge in [0, 0.05) is 12.1 Å². The molecule has 0 aliphatic rings. The molecule has 0 fully saturated rings. The Morgan fingerprint density at radius 1 is 1.38 bits per heavy atom. The molecule has 0 saturated carbocycles. The van der Waals surface area contributed by atoms with Gasteiger partial charge >= 0.3 is 0 Å². The van der Waals surface area contributed by atoms with Gasteiger partial charge in [-0.15, -0.1) is 0 Å². The van der Waals surface area contributed by atoms with E-state index in [1.807, 2.05) is 5.43 Å². The second-order valence-electron chi connectivity index (χ2n) is 4.34. The minimum absolute atomic E-state index is 0.366. The average molecular weight is 320 g/mol. The predicted molar refractivity (Wildman–Crippen MR) is 75.6 cm³/mol. The fraction of sp³-hybridized carbons (Fsp3) is 0.455. The molecule has 0 heterocycles. The lowest BCUT2D eigenvalue weighted by Crippen LogP contribution is -2.35. The molecular weight excluding hydrogens is 303 g/mol. The molecule has 0 aliphatic heterocycles. The second kappa shape index (κ2) is 6.78. The maximum Gasteiger partial charge on any atom is 0.274 e. The zero-order valence-corrected chi connectivity index (χ0v) is 12.4. The van der Waals surface area contributed by atoms with Crippen molar-refractivity contribution in [3.05, 3.63) is 28.1 Å². The molecule has 118 valence electrons. The second-order valence-corrected chi connectivity index (χ2v) is 5.99. The summed E-state index contributed by atoms with van der Waals surface area (Å²) >= 11 is 0. The highest BCUT2D eigenvalue weighted by molar-refractivity contribution is 7.89. The van der Waals surface area contributed by atoms with Crippen LogP contribution in [0.2, 0.25) is 0 Å². The first kappa shape index (κ1) is 17.3. The van der Waals surface area contributed by atoms with Gasteiger partial charge < -0.3 is 5.43 Å². The summed E-state index contributed by atoms with van der Waals surface area (Å²) in [7, 11) is -4.19. The molecule has 0 saturated heterocycles. The van der Waals surface area contributed by atoms with Gasteiger partial charge in [0.2, 0.25) is 10.0 Å². The van der Waals surface area contributed by atoms with E-state index in [4.69, 9.17) is 5.84 Å². The monoisotopic (exact) mass is 320 g/mol. The molecular formula is C11H17FN4O4S. The number of rotatable bonds is 7. The highest BCUT2D eigenvalue weighted by Crippen LogP contribution is 2.29. The van der Waals surface area contributed by atoms with Crippen LogP contribution in [0.25, 0.3) is 0 Å². The van der Waals surface area contributed by atoms with Gasteiger partial charge in [-0.2, -0.15) is 0 Å². The zero-order valence-electron chi connectivity index (χ0n) is 11.6. The maximum absolute atomic E-state index is 14.0. The van der Waals surface area contributed by atoms with Crippen molar-refractivity contribution < 1.29 is 17.7 Å². The van der Waals surface area contributed by atoms with E-state index in [1.54, 1.807) is 13.8 Å². The molecule has 0 aliphatic carbocycles. The number of hydrogen-bond acceptors (Lipinski definition) is 6. The number of nitro groups is 1. The first-order valence-electron chi connectivity index (χ1n) is 6.23. The Morgan fingerprint density at radius 2 is 1.95 bits per heavy atom. The molecule has 0 radical (unpaired) electrons. The van der Waals surface area contributed by atoms with E-state index in [0.717, 1.165) is 6.07 Å². The van der Waals surface area contributed by atoms with E-state index in [9.17, 15) is 22.9 Å². The van der Waals surface area contributed by atoms with Crippen molar-refractivity contribution in [1.29, 1.82) is 0 Å². The molecule has 1 rings (SSSR count). The zero-order chi connectivity index (χ0) is 16.2. The quantitative estimate of drug-likeness (QED) is 0.397. The Labute approximate surface area is 121 Å². The number of non-ortho nitro benzene ring substituents is 1. The van der Waals surface area contributed by atoms with Crippen LogP contribution in [-0.4, -0.2) is 19.4 Å². The Morgan fingerprint density at radius 3 is 2.38 bits per heavy atom. The van der Waals surface area contributed by atoms with Gasteiger partial charge in [-0.25, -0.2) is 17.5 Å². The first-order chi connectivity index (χ1) is 9.76. The Balaban J connectivity index is 3.38. The van der Waals surface area contributed by atoms with E-state index in [2.05, 4.69) is 4.72 Å². The predicted octanol–water partition coefficient (Wildman–Crippen LogP) is 1.49. The third-order valence-electron chi connectivity index (χ3n) is 2.97. The van der Waals surface area contributed by atoms with Crippen LogP contribution in [0.4, 0.5) is 15.8 Å². The summed E-state index contributed by atoms with van der Waals surface area (Å²) in [6.45, 7) is 3.57. The molecule has 0 amide bonds. The average Bonchev–Trinajstić information content (AvgIpc) is 2.43. The number of nitrogens with zero attached hydrogens (tertiary/aromatic N) is 1. The fourth-order valence-electron chi connectivity index (χ4n) is 1.80. The van der Waals surface area contributed by atoms with Gasteiger partial charge in [-0.05, 0) is 12.8 Å². The Hall–Kier alpha value is -1.78. The van der Waals surface area contributed by atoms with Gasteiger partial charge in [0.15, 0.2) is 5.82 Å². The number of nitrogens with one attached hydrogen (secondary N) is 2. The van der Waals surface area contributed by atoms with E-state index >= 15 is 0 Å². The molecule has 1 aromatic rings. The van der Waals surface area contributed by atoms with Crippen molar-refractivity contribution in [2.45, 2.75) is 37.6 Å². The van der Waals surface area contributed by atoms with Crippen LogP contribution in [-0.2, 0) is 10.0 Å². The van der Waals surface area contributed by atoms with Gasteiger partial charge in [0.05, 0.1) is 16.7 Å². The van der Waals surface area contributed by atoms with E-state index in [0.29, 0.717) is 18.9 Å². The molecule has 0 unspecified atom stereocenters. The van der Waals surface area contributed by atoms with Crippen LogP contribution in [0, 0.1) is 15.9 Å². The number of sulfonamides is 1. The molecule has 0 spiro atoms. The highest BCUT2D eigenvalue weighted by atomic mass is 32.2. The van der Waals surface area contributed by atoms with E-state index in [1.165, 1.54) is 0 Å². The van der Waals surface area contributed by atoms with Gasteiger partial charge in [0.25, 0.3) is 5.69 Å². The largest absolute Gasteiger partial charge is 0.323 e. The van der Waals surface area contributed by atoms with Crippen LogP contribution in [0.15, 0.2) is 17.0 Å². The van der Waals surface area contributed by atoms with Gasteiger partial charge in [-0.3, -0.25) is 16.0 Å². The van der Waals surface area contributed by atoms with E-state index in [-0.39, 0.29) is 11.7 Å². The minimum Gasteiger partial charge on any atom is -0.323 e. The topological polar surface area (TPSA) is 127 Å². The fourth-order valence-corrected chi connectivity index (χ4v) is 3.41. The van der Waals surface area contributed by atoms with Crippen LogP contribution >= 0.6 is 0 Å². The van der Waals surface area contributed by atoms with Gasteiger partial charge in [-0.1, -0.05) is 13.8 Å². The molecule has 0 bridgehead atoms. The summed E-state index contributed by atoms with van der Waals surface area (Å²) in [6, 6.07) is 1.04. The molecule has 1 aromatic carbocycles. The summed E-state index contributed by atoms with van der Waals surface area (Å²) in [5, 5.41) is 10.7. The lowest BCUT2D eigenvalue weighted by molar-refractivity contribution is -0.385. The summed E-state index contributed by atoms with van der Waals surface area (Å²) in [5.74, 6) is 3.91. The maximum atomic E-state index is 14.0. The van der Waals surface area contributed by atoms with E-state index < -0.39 is 31.3 Å².